The van der Waals surface area contributed by atoms with E-state index in [1.165, 1.54) is 6.92 Å². The predicted octanol–water partition coefficient (Wildman–Crippen LogP) is 1.53. The van der Waals surface area contributed by atoms with E-state index in [-0.39, 0.29) is 28.4 Å². The van der Waals surface area contributed by atoms with Crippen LogP contribution < -0.4 is 4.72 Å². The molecule has 21 heavy (non-hydrogen) atoms. The van der Waals surface area contributed by atoms with Gasteiger partial charge in [0.05, 0.1) is 11.4 Å². The maximum atomic E-state index is 12.0. The number of hydrogen-bond acceptors (Lipinski definition) is 6. The summed E-state index contributed by atoms with van der Waals surface area (Å²) in [5.74, 6) is -1.39. The van der Waals surface area contributed by atoms with Crippen LogP contribution in [0.25, 0.3) is 0 Å². The van der Waals surface area contributed by atoms with Crippen molar-refractivity contribution in [3.05, 3.63) is 41.3 Å². The van der Waals surface area contributed by atoms with Gasteiger partial charge in [-0.2, -0.15) is 4.37 Å². The van der Waals surface area contributed by atoms with E-state index in [9.17, 15) is 13.2 Å². The third kappa shape index (κ3) is 3.99. The molecule has 0 amide bonds. The Morgan fingerprint density at radius 1 is 1.43 bits per heavy atom. The fourth-order valence-electron chi connectivity index (χ4n) is 1.67. The van der Waals surface area contributed by atoms with E-state index in [1.54, 1.807) is 24.4 Å². The molecule has 0 aliphatic carbocycles. The number of nitrogens with zero attached hydrogens (tertiary/aromatic N) is 2. The van der Waals surface area contributed by atoms with Crippen molar-refractivity contribution >= 4 is 32.5 Å². The van der Waals surface area contributed by atoms with E-state index < -0.39 is 16.0 Å². The Morgan fingerprint density at radius 2 is 2.19 bits per heavy atom. The number of sulfonamides is 1. The van der Waals surface area contributed by atoms with E-state index in [1.807, 2.05) is 0 Å². The molecule has 9 heteroatoms. The van der Waals surface area contributed by atoms with E-state index in [0.29, 0.717) is 5.69 Å². The maximum Gasteiger partial charge on any atom is 0.340 e. The molecule has 2 rings (SSSR count). The van der Waals surface area contributed by atoms with Crippen LogP contribution in [0.2, 0.25) is 0 Å². The second-order valence-corrected chi connectivity index (χ2v) is 6.88. The minimum atomic E-state index is -3.66. The number of aryl methyl sites for hydroxylation is 2. The molecule has 0 aliphatic rings. The number of pyridine rings is 1. The summed E-state index contributed by atoms with van der Waals surface area (Å²) in [6, 6.07) is 5.25. The lowest BCUT2D eigenvalue weighted by Crippen LogP contribution is -2.19. The number of anilines is 1. The Balaban J connectivity index is 2.10. The standard InChI is InChI=1S/C12H13N3O4S2/c1-8-10(12(16)17)11(20-14-8)15-21(18,19)7-5-9-4-2-3-6-13-9/h2-4,6,15H,5,7H2,1H3,(H,16,17). The highest BCUT2D eigenvalue weighted by Gasteiger charge is 2.21. The van der Waals surface area contributed by atoms with Crippen molar-refractivity contribution in [3.63, 3.8) is 0 Å². The van der Waals surface area contributed by atoms with Crippen LogP contribution in [0.4, 0.5) is 5.00 Å². The van der Waals surface area contributed by atoms with Crippen LogP contribution in [0.1, 0.15) is 21.7 Å². The number of aromatic nitrogens is 2. The molecule has 2 aromatic rings. The molecule has 0 radical (unpaired) electrons. The monoisotopic (exact) mass is 327 g/mol. The van der Waals surface area contributed by atoms with Crippen LogP contribution in [0.15, 0.2) is 24.4 Å². The Kier molecular flexibility index (Phi) is 4.53. The zero-order valence-corrected chi connectivity index (χ0v) is 12.7. The molecular formula is C12H13N3O4S2. The quantitative estimate of drug-likeness (QED) is 0.832. The molecule has 0 aromatic carbocycles. The number of carbonyl (C=O) groups is 1. The Bertz CT molecular complexity index is 741. The van der Waals surface area contributed by atoms with Gasteiger partial charge in [0, 0.05) is 18.3 Å². The minimum absolute atomic E-state index is 0.0287. The highest BCUT2D eigenvalue weighted by Crippen LogP contribution is 2.25. The molecule has 2 aromatic heterocycles. The van der Waals surface area contributed by atoms with Crippen LogP contribution in [-0.2, 0) is 16.4 Å². The van der Waals surface area contributed by atoms with Crippen LogP contribution in [0.3, 0.4) is 0 Å². The van der Waals surface area contributed by atoms with Crippen molar-refractivity contribution < 1.29 is 18.3 Å². The van der Waals surface area contributed by atoms with Crippen molar-refractivity contribution in [1.29, 1.82) is 0 Å². The highest BCUT2D eigenvalue weighted by atomic mass is 32.2. The Labute approximate surface area is 125 Å². The molecule has 7 nitrogen and oxygen atoms in total. The first kappa shape index (κ1) is 15.4. The average molecular weight is 327 g/mol. The number of rotatable bonds is 6. The lowest BCUT2D eigenvalue weighted by molar-refractivity contribution is 0.0697. The molecule has 0 spiro atoms. The van der Waals surface area contributed by atoms with Crippen LogP contribution in [0.5, 0.6) is 0 Å². The van der Waals surface area contributed by atoms with Crippen molar-refractivity contribution in [1.82, 2.24) is 9.36 Å². The predicted molar refractivity (Wildman–Crippen MR) is 79.2 cm³/mol. The second kappa shape index (κ2) is 6.19. The number of aromatic carboxylic acids is 1. The molecule has 2 N–H and O–H groups in total. The first-order valence-corrected chi connectivity index (χ1v) is 8.41. The zero-order valence-electron chi connectivity index (χ0n) is 11.1. The summed E-state index contributed by atoms with van der Waals surface area (Å²) < 4.78 is 30.1. The summed E-state index contributed by atoms with van der Waals surface area (Å²) in [6.07, 6.45) is 1.83. The highest BCUT2D eigenvalue weighted by molar-refractivity contribution is 7.92. The van der Waals surface area contributed by atoms with Crippen LogP contribution >= 0.6 is 11.5 Å². The molecule has 0 saturated carbocycles. The van der Waals surface area contributed by atoms with E-state index in [2.05, 4.69) is 14.1 Å². The van der Waals surface area contributed by atoms with Crippen molar-refractivity contribution in [3.8, 4) is 0 Å². The lowest BCUT2D eigenvalue weighted by Gasteiger charge is -2.06. The molecule has 0 unspecified atom stereocenters. The van der Waals surface area contributed by atoms with Gasteiger partial charge >= 0.3 is 5.97 Å². The summed E-state index contributed by atoms with van der Waals surface area (Å²) in [6.45, 7) is 1.52. The smallest absolute Gasteiger partial charge is 0.340 e. The minimum Gasteiger partial charge on any atom is -0.478 e. The van der Waals surface area contributed by atoms with Crippen LogP contribution in [0, 0.1) is 6.92 Å². The number of hydrogen-bond donors (Lipinski definition) is 2. The first-order valence-electron chi connectivity index (χ1n) is 5.99. The number of nitrogens with one attached hydrogen (secondary N) is 1. The summed E-state index contributed by atoms with van der Waals surface area (Å²) in [7, 11) is -3.66. The second-order valence-electron chi connectivity index (χ2n) is 4.27. The number of carboxylic acids is 1. The summed E-state index contributed by atoms with van der Waals surface area (Å²) in [5, 5.41) is 9.09. The van der Waals surface area contributed by atoms with Gasteiger partial charge in [-0.05, 0) is 30.6 Å². The summed E-state index contributed by atoms with van der Waals surface area (Å²) >= 11 is 0.816. The normalized spacial score (nSPS) is 11.3. The van der Waals surface area contributed by atoms with Gasteiger partial charge in [-0.15, -0.1) is 0 Å². The van der Waals surface area contributed by atoms with Crippen LogP contribution in [-0.4, -0.2) is 34.6 Å². The Morgan fingerprint density at radius 3 is 2.81 bits per heavy atom. The van der Waals surface area contributed by atoms with Crippen molar-refractivity contribution in [2.45, 2.75) is 13.3 Å². The largest absolute Gasteiger partial charge is 0.478 e. The number of carboxylic acid groups (broad SMARTS) is 1. The third-order valence-corrected chi connectivity index (χ3v) is 4.92. The fraction of sp³-hybridized carbons (Fsp3) is 0.250. The maximum absolute atomic E-state index is 12.0. The van der Waals surface area contributed by atoms with Gasteiger partial charge in [0.1, 0.15) is 10.6 Å². The van der Waals surface area contributed by atoms with Crippen molar-refractivity contribution in [2.75, 3.05) is 10.5 Å². The molecule has 0 atom stereocenters. The van der Waals surface area contributed by atoms with Gasteiger partial charge in [0.15, 0.2) is 0 Å². The van der Waals surface area contributed by atoms with E-state index in [0.717, 1.165) is 11.5 Å². The average Bonchev–Trinajstić information content (AvgIpc) is 2.78. The molecule has 0 aliphatic heterocycles. The van der Waals surface area contributed by atoms with Gasteiger partial charge in [-0.1, -0.05) is 6.07 Å². The van der Waals surface area contributed by atoms with Gasteiger partial charge in [-0.3, -0.25) is 9.71 Å². The Hall–Kier alpha value is -2.00. The molecular weight excluding hydrogens is 314 g/mol. The van der Waals surface area contributed by atoms with E-state index >= 15 is 0 Å². The van der Waals surface area contributed by atoms with Gasteiger partial charge in [0.25, 0.3) is 0 Å². The molecule has 112 valence electrons. The summed E-state index contributed by atoms with van der Waals surface area (Å²) in [5.41, 5.74) is 0.832. The third-order valence-electron chi connectivity index (χ3n) is 2.68. The van der Waals surface area contributed by atoms with E-state index in [4.69, 9.17) is 5.11 Å². The molecule has 0 fully saturated rings. The van der Waals surface area contributed by atoms with Gasteiger partial charge < -0.3 is 5.11 Å². The van der Waals surface area contributed by atoms with Crippen molar-refractivity contribution in [2.24, 2.45) is 0 Å². The molecule has 2 heterocycles. The van der Waals surface area contributed by atoms with Gasteiger partial charge in [0.2, 0.25) is 10.0 Å². The molecule has 0 saturated heterocycles. The zero-order chi connectivity index (χ0) is 15.5. The molecule has 0 bridgehead atoms. The first-order chi connectivity index (χ1) is 9.89. The SMILES string of the molecule is Cc1nsc(NS(=O)(=O)CCc2ccccn2)c1C(=O)O. The lowest BCUT2D eigenvalue weighted by atomic mass is 10.2. The fourth-order valence-corrected chi connectivity index (χ4v) is 3.81. The topological polar surface area (TPSA) is 109 Å². The summed E-state index contributed by atoms with van der Waals surface area (Å²) in [4.78, 5) is 15.1. The van der Waals surface area contributed by atoms with Gasteiger partial charge in [-0.25, -0.2) is 13.2 Å².